The summed E-state index contributed by atoms with van der Waals surface area (Å²) in [6.07, 6.45) is 0. The Kier molecular flexibility index (Phi) is 8.75. The van der Waals surface area contributed by atoms with E-state index in [2.05, 4.69) is 215 Å². The first-order valence-corrected chi connectivity index (χ1v) is 23.0. The molecule has 0 atom stereocenters. The average Bonchev–Trinajstić information content (AvgIpc) is 3.24. The van der Waals surface area contributed by atoms with Gasteiger partial charge in [-0.15, -0.1) is 0 Å². The second kappa shape index (κ2) is 14.1. The Morgan fingerprint density at radius 1 is 0.375 bits per heavy atom. The molecule has 10 rings (SSSR count). The van der Waals surface area contributed by atoms with Crippen LogP contribution in [-0.4, -0.2) is 0 Å². The topological polar surface area (TPSA) is 3.24 Å². The number of rotatable bonds is 8. The first-order valence-electron chi connectivity index (χ1n) is 19.8. The van der Waals surface area contributed by atoms with Gasteiger partial charge in [0.2, 0.25) is 0 Å². The van der Waals surface area contributed by atoms with Crippen molar-refractivity contribution in [3.63, 3.8) is 0 Å². The van der Waals surface area contributed by atoms with Gasteiger partial charge in [0.15, 0.2) is 0 Å². The Bertz CT molecular complexity index is 2820. The Balaban J connectivity index is 1.21. The van der Waals surface area contributed by atoms with Crippen LogP contribution >= 0.6 is 19.8 Å². The molecule has 0 aliphatic heterocycles. The first-order chi connectivity index (χ1) is 27.4. The number of hydrogen-bond acceptors (Lipinski definition) is 1. The second-order valence-corrected chi connectivity index (χ2v) is 20.9. The summed E-state index contributed by atoms with van der Waals surface area (Å²) in [5.41, 5.74) is 6.25. The van der Waals surface area contributed by atoms with E-state index in [4.69, 9.17) is 0 Å². The monoisotopic (exact) mass is 833 g/mol. The quantitative estimate of drug-likeness (QED) is 0.109. The minimum absolute atomic E-state index is 0.470. The fourth-order valence-electron chi connectivity index (χ4n) is 8.47. The molecule has 0 radical (unpaired) electrons. The molecule has 0 heterocycles. The zero-order valence-electron chi connectivity index (χ0n) is 32.3. The van der Waals surface area contributed by atoms with Gasteiger partial charge in [-0.3, -0.25) is 0 Å². The van der Waals surface area contributed by atoms with Crippen LogP contribution in [0.2, 0.25) is 0 Å². The van der Waals surface area contributed by atoms with Gasteiger partial charge in [0.1, 0.15) is 0 Å². The maximum absolute atomic E-state index is 2.47. The van der Waals surface area contributed by atoms with Gasteiger partial charge >= 0.3 is 319 Å². The van der Waals surface area contributed by atoms with Gasteiger partial charge in [-0.2, -0.15) is 0 Å². The van der Waals surface area contributed by atoms with E-state index in [0.717, 1.165) is 11.4 Å². The van der Waals surface area contributed by atoms with Gasteiger partial charge in [0, 0.05) is 0 Å². The van der Waals surface area contributed by atoms with E-state index in [1.54, 1.807) is 0 Å². The zero-order valence-corrected chi connectivity index (χ0v) is 34.5. The molecule has 0 spiro atoms. The fourth-order valence-corrected chi connectivity index (χ4v) is 14.4. The van der Waals surface area contributed by atoms with Crippen molar-refractivity contribution in [1.29, 1.82) is 0 Å². The van der Waals surface area contributed by atoms with E-state index in [0.29, 0.717) is 11.8 Å². The Morgan fingerprint density at radius 2 is 0.857 bits per heavy atom. The van der Waals surface area contributed by atoms with Crippen LogP contribution in [-0.2, 0) is 0 Å². The van der Waals surface area contributed by atoms with Crippen molar-refractivity contribution in [3.8, 4) is 0 Å². The van der Waals surface area contributed by atoms with Crippen LogP contribution in [0.1, 0.15) is 50.7 Å². The van der Waals surface area contributed by atoms with Crippen LogP contribution in [0.25, 0.3) is 53.9 Å². The van der Waals surface area contributed by atoms with Crippen molar-refractivity contribution >= 4 is 90.7 Å². The molecule has 0 unspecified atom stereocenters. The van der Waals surface area contributed by atoms with Gasteiger partial charge in [-0.05, 0) is 0 Å². The maximum atomic E-state index is 2.47. The summed E-state index contributed by atoms with van der Waals surface area (Å²) in [5.74, 6) is 0.968. The molecule has 0 N–H and O–H groups in total. The number of fused-ring (bicyclic) bond motifs is 2. The van der Waals surface area contributed by atoms with Crippen LogP contribution < -0.4 is 4.90 Å². The van der Waals surface area contributed by atoms with Crippen LogP contribution in [0.3, 0.4) is 0 Å². The molecule has 0 saturated heterocycles. The standard InChI is InChI=1S/C54H44IN/c1-35(2)37-13-23-45(24-14-37)55(46-25-15-39-9-5-7-11-43(39)33-46)51-31-21-41-20-30-50-52(32-22-42-19-29-49(51)53(41)54(42)50)56(47-26-16-38(17-27-47)36(3)4)48-28-18-40-10-6-8-12-44(40)34-48/h5-36H,1-4H3. The summed E-state index contributed by atoms with van der Waals surface area (Å²) in [6, 6.07) is 69.3. The third-order valence-electron chi connectivity index (χ3n) is 11.5. The number of hydrogen-bond donors (Lipinski definition) is 0. The molecule has 0 saturated carbocycles. The van der Waals surface area contributed by atoms with E-state index >= 15 is 0 Å². The van der Waals surface area contributed by atoms with Crippen molar-refractivity contribution in [2.45, 2.75) is 39.5 Å². The van der Waals surface area contributed by atoms with Crippen LogP contribution in [0.15, 0.2) is 182 Å². The van der Waals surface area contributed by atoms with Gasteiger partial charge in [-0.1, -0.05) is 19.9 Å². The van der Waals surface area contributed by atoms with Crippen molar-refractivity contribution in [3.05, 3.63) is 204 Å². The predicted molar refractivity (Wildman–Crippen MR) is 251 cm³/mol. The summed E-state index contributed by atoms with van der Waals surface area (Å²) in [7, 11) is 0. The number of nitrogens with zero attached hydrogens (tertiary/aromatic N) is 1. The molecule has 0 bridgehead atoms. The SMILES string of the molecule is CC(C)c1ccc(N(c2ccc3ccccc3c2)c2ccc3ccc4c(I(c5ccc(C(C)C)cc5)c5ccc6ccccc6c5)ccc5ccc2c3c54)cc1. The van der Waals surface area contributed by atoms with Crippen molar-refractivity contribution < 1.29 is 0 Å². The molecule has 272 valence electrons. The van der Waals surface area contributed by atoms with Gasteiger partial charge in [0.05, 0.1) is 0 Å². The normalized spacial score (nSPS) is 12.2. The number of halogens is 1. The van der Waals surface area contributed by atoms with Crippen LogP contribution in [0.4, 0.5) is 17.1 Å². The Labute approximate surface area is 337 Å². The van der Waals surface area contributed by atoms with E-state index in [9.17, 15) is 0 Å². The third kappa shape index (κ3) is 5.99. The van der Waals surface area contributed by atoms with E-state index in [1.807, 2.05) is 0 Å². The molecule has 10 aromatic carbocycles. The van der Waals surface area contributed by atoms with Crippen molar-refractivity contribution in [1.82, 2.24) is 0 Å². The average molecular weight is 834 g/mol. The molecule has 0 aliphatic rings. The second-order valence-electron chi connectivity index (χ2n) is 15.6. The molecule has 10 aromatic rings. The fraction of sp³-hybridized carbons (Fsp3) is 0.111. The van der Waals surface area contributed by atoms with E-state index in [1.165, 1.54) is 81.4 Å². The summed E-state index contributed by atoms with van der Waals surface area (Å²) in [4.78, 5) is 2.47. The number of anilines is 3. The molecular formula is C54H44IN. The van der Waals surface area contributed by atoms with Crippen molar-refractivity contribution in [2.75, 3.05) is 4.90 Å². The molecule has 0 fully saturated rings. The summed E-state index contributed by atoms with van der Waals surface area (Å²) >= 11 is -2.17. The summed E-state index contributed by atoms with van der Waals surface area (Å²) < 4.78 is 4.43. The van der Waals surface area contributed by atoms with Crippen molar-refractivity contribution in [2.24, 2.45) is 0 Å². The van der Waals surface area contributed by atoms with Crippen LogP contribution in [0, 0.1) is 10.7 Å². The predicted octanol–water partition coefficient (Wildman–Crippen LogP) is 16.0. The molecule has 0 amide bonds. The zero-order chi connectivity index (χ0) is 37.9. The van der Waals surface area contributed by atoms with E-state index in [-0.39, 0.29) is 0 Å². The molecular weight excluding hydrogens is 790 g/mol. The molecule has 0 aliphatic carbocycles. The van der Waals surface area contributed by atoms with E-state index < -0.39 is 19.8 Å². The summed E-state index contributed by atoms with van der Waals surface area (Å²) in [6.45, 7) is 9.09. The third-order valence-corrected chi connectivity index (χ3v) is 17.5. The number of benzene rings is 10. The molecule has 56 heavy (non-hydrogen) atoms. The molecule has 1 nitrogen and oxygen atoms in total. The molecule has 2 heteroatoms. The van der Waals surface area contributed by atoms with Gasteiger partial charge in [0.25, 0.3) is 0 Å². The van der Waals surface area contributed by atoms with Gasteiger partial charge < -0.3 is 0 Å². The summed E-state index contributed by atoms with van der Waals surface area (Å²) in [5, 5.41) is 13.0. The Morgan fingerprint density at radius 3 is 1.52 bits per heavy atom. The van der Waals surface area contributed by atoms with Gasteiger partial charge in [-0.25, -0.2) is 0 Å². The first kappa shape index (κ1) is 34.8. The minimum atomic E-state index is -2.17. The van der Waals surface area contributed by atoms with Crippen LogP contribution in [0.5, 0.6) is 0 Å². The Hall–Kier alpha value is -5.71. The molecule has 0 aromatic heterocycles.